The molecule has 2 N–H and O–H groups in total. The summed E-state index contributed by atoms with van der Waals surface area (Å²) in [6.07, 6.45) is 1.35. The number of aromatic carboxylic acids is 1. The summed E-state index contributed by atoms with van der Waals surface area (Å²) in [7, 11) is 0. The molecule has 0 aliphatic heterocycles. The summed E-state index contributed by atoms with van der Waals surface area (Å²) in [6, 6.07) is 0.338. The number of aromatic nitrogens is 1. The van der Waals surface area contributed by atoms with Gasteiger partial charge in [0.2, 0.25) is 0 Å². The second-order valence-electron chi connectivity index (χ2n) is 2.98. The number of nitrogens with one attached hydrogen (secondary N) is 1. The molecule has 1 heterocycles. The van der Waals surface area contributed by atoms with Crippen LogP contribution in [0.2, 0.25) is 0 Å². The molecule has 5 nitrogen and oxygen atoms in total. The fraction of sp³-hybridized carbons (Fsp3) is 0.500. The van der Waals surface area contributed by atoms with Crippen LogP contribution in [0.3, 0.4) is 0 Å². The predicted molar refractivity (Wildman–Crippen MR) is 45.4 cm³/mol. The Kier molecular flexibility index (Phi) is 3.02. The van der Waals surface area contributed by atoms with Crippen LogP contribution in [0.4, 0.5) is 0 Å². The third-order valence-corrected chi connectivity index (χ3v) is 1.43. The van der Waals surface area contributed by atoms with Gasteiger partial charge >= 0.3 is 11.9 Å². The van der Waals surface area contributed by atoms with E-state index in [-0.39, 0.29) is 5.89 Å². The van der Waals surface area contributed by atoms with Crippen LogP contribution in [-0.2, 0) is 6.54 Å². The van der Waals surface area contributed by atoms with Crippen LogP contribution in [0.25, 0.3) is 0 Å². The summed E-state index contributed by atoms with van der Waals surface area (Å²) in [4.78, 5) is 14.1. The van der Waals surface area contributed by atoms with Crippen LogP contribution in [0.1, 0.15) is 30.2 Å². The number of rotatable bonds is 4. The number of carbonyl (C=O) groups is 1. The van der Waals surface area contributed by atoms with E-state index in [1.807, 2.05) is 13.8 Å². The second kappa shape index (κ2) is 4.04. The molecule has 0 atom stereocenters. The molecule has 1 aromatic heterocycles. The van der Waals surface area contributed by atoms with Crippen LogP contribution in [0.15, 0.2) is 10.7 Å². The predicted octanol–water partition coefficient (Wildman–Crippen LogP) is 0.871. The quantitative estimate of drug-likeness (QED) is 0.726. The van der Waals surface area contributed by atoms with Gasteiger partial charge in [0.15, 0.2) is 0 Å². The topological polar surface area (TPSA) is 75.4 Å². The molecule has 0 aliphatic rings. The van der Waals surface area contributed by atoms with Crippen LogP contribution in [-0.4, -0.2) is 22.1 Å². The summed E-state index contributed by atoms with van der Waals surface area (Å²) in [5.74, 6) is -1.41. The average molecular weight is 184 g/mol. The van der Waals surface area contributed by atoms with Crippen molar-refractivity contribution in [2.45, 2.75) is 26.4 Å². The fourth-order valence-corrected chi connectivity index (χ4v) is 0.795. The molecule has 0 bridgehead atoms. The maximum absolute atomic E-state index is 10.4. The smallest absolute Gasteiger partial charge is 0.392 e. The van der Waals surface area contributed by atoms with Crippen LogP contribution >= 0.6 is 0 Å². The minimum Gasteiger partial charge on any atom is -0.474 e. The number of carboxylic acids is 1. The first-order valence-corrected chi connectivity index (χ1v) is 4.00. The minimum atomic E-state index is -1.14. The largest absolute Gasteiger partial charge is 0.474 e. The molecule has 5 heteroatoms. The maximum atomic E-state index is 10.4. The van der Waals surface area contributed by atoms with Gasteiger partial charge in [-0.1, -0.05) is 13.8 Å². The van der Waals surface area contributed by atoms with E-state index in [4.69, 9.17) is 9.52 Å². The molecule has 0 spiro atoms. The highest BCUT2D eigenvalue weighted by molar-refractivity contribution is 5.82. The lowest BCUT2D eigenvalue weighted by atomic mass is 10.4. The number of nitrogens with zero attached hydrogens (tertiary/aromatic N) is 1. The molecule has 0 saturated carbocycles. The zero-order chi connectivity index (χ0) is 9.84. The molecule has 0 amide bonds. The van der Waals surface area contributed by atoms with E-state index in [1.54, 1.807) is 0 Å². The lowest BCUT2D eigenvalue weighted by Gasteiger charge is -2.03. The molecular weight excluding hydrogens is 172 g/mol. The van der Waals surface area contributed by atoms with E-state index in [2.05, 4.69) is 10.3 Å². The Hall–Kier alpha value is -1.36. The summed E-state index contributed by atoms with van der Waals surface area (Å²) in [6.45, 7) is 4.52. The van der Waals surface area contributed by atoms with Gasteiger partial charge in [-0.3, -0.25) is 0 Å². The molecule has 0 aromatic carbocycles. The van der Waals surface area contributed by atoms with E-state index >= 15 is 0 Å². The van der Waals surface area contributed by atoms with Gasteiger partial charge in [0.25, 0.3) is 0 Å². The van der Waals surface area contributed by atoms with Gasteiger partial charge in [0, 0.05) is 12.6 Å². The average Bonchev–Trinajstić information content (AvgIpc) is 2.48. The standard InChI is InChI=1S/C8H12N2O3/c1-5(2)9-3-6-4-13-7(10-6)8(11)12/h4-5,9H,3H2,1-2H3,(H,11,12). The van der Waals surface area contributed by atoms with Crippen molar-refractivity contribution in [3.63, 3.8) is 0 Å². The van der Waals surface area contributed by atoms with Crippen molar-refractivity contribution in [2.75, 3.05) is 0 Å². The maximum Gasteiger partial charge on any atom is 0.392 e. The lowest BCUT2D eigenvalue weighted by Crippen LogP contribution is -2.22. The van der Waals surface area contributed by atoms with Gasteiger partial charge in [-0.25, -0.2) is 9.78 Å². The van der Waals surface area contributed by atoms with Crippen molar-refractivity contribution >= 4 is 5.97 Å². The molecule has 1 aromatic rings. The third-order valence-electron chi connectivity index (χ3n) is 1.43. The lowest BCUT2D eigenvalue weighted by molar-refractivity contribution is 0.0653. The van der Waals surface area contributed by atoms with Gasteiger partial charge in [0.05, 0.1) is 5.69 Å². The van der Waals surface area contributed by atoms with Crippen molar-refractivity contribution in [3.05, 3.63) is 17.8 Å². The molecular formula is C8H12N2O3. The van der Waals surface area contributed by atoms with Crippen molar-refractivity contribution < 1.29 is 14.3 Å². The minimum absolute atomic E-state index is 0.263. The van der Waals surface area contributed by atoms with Gasteiger partial charge < -0.3 is 14.8 Å². The fourth-order valence-electron chi connectivity index (χ4n) is 0.795. The third kappa shape index (κ3) is 2.87. The van der Waals surface area contributed by atoms with E-state index < -0.39 is 5.97 Å². The van der Waals surface area contributed by atoms with E-state index in [0.717, 1.165) is 0 Å². The number of hydrogen-bond acceptors (Lipinski definition) is 4. The number of hydrogen-bond donors (Lipinski definition) is 2. The zero-order valence-electron chi connectivity index (χ0n) is 7.57. The summed E-state index contributed by atoms with van der Waals surface area (Å²) < 4.78 is 4.71. The summed E-state index contributed by atoms with van der Waals surface area (Å²) in [5, 5.41) is 11.6. The van der Waals surface area contributed by atoms with Crippen LogP contribution in [0, 0.1) is 0 Å². The van der Waals surface area contributed by atoms with Gasteiger partial charge in [0.1, 0.15) is 6.26 Å². The highest BCUT2D eigenvalue weighted by atomic mass is 16.4. The Balaban J connectivity index is 2.54. The normalized spacial score (nSPS) is 10.7. The van der Waals surface area contributed by atoms with Crippen molar-refractivity contribution in [1.82, 2.24) is 10.3 Å². The van der Waals surface area contributed by atoms with Crippen molar-refractivity contribution in [1.29, 1.82) is 0 Å². The molecule has 0 unspecified atom stereocenters. The van der Waals surface area contributed by atoms with E-state index in [9.17, 15) is 4.79 Å². The summed E-state index contributed by atoms with van der Waals surface area (Å²) >= 11 is 0. The van der Waals surface area contributed by atoms with E-state index in [0.29, 0.717) is 18.3 Å². The Labute approximate surface area is 75.8 Å². The van der Waals surface area contributed by atoms with Gasteiger partial charge in [-0.2, -0.15) is 0 Å². The molecule has 1 rings (SSSR count). The van der Waals surface area contributed by atoms with Crippen molar-refractivity contribution in [3.8, 4) is 0 Å². The number of oxazole rings is 1. The molecule has 13 heavy (non-hydrogen) atoms. The summed E-state index contributed by atoms with van der Waals surface area (Å²) in [5.41, 5.74) is 0.603. The SMILES string of the molecule is CC(C)NCc1coc(C(=O)O)n1. The monoisotopic (exact) mass is 184 g/mol. The molecule has 72 valence electrons. The van der Waals surface area contributed by atoms with E-state index in [1.165, 1.54) is 6.26 Å². The molecule has 0 aliphatic carbocycles. The first kappa shape index (κ1) is 9.73. The Morgan fingerprint density at radius 2 is 2.46 bits per heavy atom. The van der Waals surface area contributed by atoms with Crippen LogP contribution < -0.4 is 5.32 Å². The molecule has 0 fully saturated rings. The van der Waals surface area contributed by atoms with Gasteiger partial charge in [-0.15, -0.1) is 0 Å². The Morgan fingerprint density at radius 3 is 2.92 bits per heavy atom. The Morgan fingerprint density at radius 1 is 1.77 bits per heavy atom. The second-order valence-corrected chi connectivity index (χ2v) is 2.98. The number of carboxylic acid groups (broad SMARTS) is 1. The first-order chi connectivity index (χ1) is 6.09. The highest BCUT2D eigenvalue weighted by Gasteiger charge is 2.10. The van der Waals surface area contributed by atoms with Crippen LogP contribution in [0.5, 0.6) is 0 Å². The zero-order valence-corrected chi connectivity index (χ0v) is 7.57. The molecule has 0 saturated heterocycles. The highest BCUT2D eigenvalue weighted by Crippen LogP contribution is 2.01. The van der Waals surface area contributed by atoms with Gasteiger partial charge in [-0.05, 0) is 0 Å². The van der Waals surface area contributed by atoms with Crippen molar-refractivity contribution in [2.24, 2.45) is 0 Å². The first-order valence-electron chi connectivity index (χ1n) is 4.00. The Bertz CT molecular complexity index is 293. The molecule has 0 radical (unpaired) electrons.